The summed E-state index contributed by atoms with van der Waals surface area (Å²) in [5.74, 6) is -2.16. The molecular weight excluding hydrogens is 288 g/mol. The van der Waals surface area contributed by atoms with Crippen LogP contribution in [0.15, 0.2) is 18.3 Å². The number of fused-ring (bicyclic) bond motifs is 1. The normalized spacial score (nSPS) is 28.5. The van der Waals surface area contributed by atoms with Crippen LogP contribution >= 0.6 is 0 Å². The first-order chi connectivity index (χ1) is 10.4. The smallest absolute Gasteiger partial charge is 0.254 e. The van der Waals surface area contributed by atoms with Gasteiger partial charge in [0.25, 0.3) is 11.9 Å². The van der Waals surface area contributed by atoms with Crippen LogP contribution in [0.3, 0.4) is 0 Å². The molecule has 2 aromatic heterocycles. The summed E-state index contributed by atoms with van der Waals surface area (Å²) in [6.45, 7) is 3.78. The van der Waals surface area contributed by atoms with Crippen molar-refractivity contribution in [3.8, 4) is 5.95 Å². The number of hydrogen-bond acceptors (Lipinski definition) is 4. The monoisotopic (exact) mass is 305 g/mol. The van der Waals surface area contributed by atoms with Gasteiger partial charge in [-0.05, 0) is 32.8 Å². The Balaban J connectivity index is 1.52. The standard InChI is InChI=1S/C15H17F2N5/c1-8-3-4-22(21-8)14-18-9(2)5-13(20-14)19-10-6-11-12(7-10)15(11,16)17/h3-5,10-12H,6-7H2,1-2H3,(H,18,19,20). The van der Waals surface area contributed by atoms with E-state index in [1.165, 1.54) is 0 Å². The van der Waals surface area contributed by atoms with E-state index < -0.39 is 17.8 Å². The fourth-order valence-electron chi connectivity index (χ4n) is 3.40. The number of hydrogen-bond donors (Lipinski definition) is 1. The Morgan fingerprint density at radius 3 is 2.55 bits per heavy atom. The van der Waals surface area contributed by atoms with Crippen molar-refractivity contribution < 1.29 is 8.78 Å². The first-order valence-electron chi connectivity index (χ1n) is 7.46. The summed E-state index contributed by atoms with van der Waals surface area (Å²) in [6, 6.07) is 3.78. The zero-order valence-electron chi connectivity index (χ0n) is 12.4. The van der Waals surface area contributed by atoms with Gasteiger partial charge in [-0.15, -0.1) is 0 Å². The van der Waals surface area contributed by atoms with E-state index in [9.17, 15) is 8.78 Å². The molecule has 0 radical (unpaired) electrons. The number of rotatable bonds is 3. The third-order valence-electron chi connectivity index (χ3n) is 4.56. The second kappa shape index (κ2) is 4.47. The largest absolute Gasteiger partial charge is 0.367 e. The predicted molar refractivity (Wildman–Crippen MR) is 77.2 cm³/mol. The average Bonchev–Trinajstić information content (AvgIpc) is 2.87. The minimum atomic E-state index is -2.43. The average molecular weight is 305 g/mol. The molecule has 2 atom stereocenters. The highest BCUT2D eigenvalue weighted by Gasteiger charge is 2.71. The number of nitrogens with one attached hydrogen (secondary N) is 1. The topological polar surface area (TPSA) is 55.6 Å². The van der Waals surface area contributed by atoms with Crippen molar-refractivity contribution in [3.05, 3.63) is 29.7 Å². The first kappa shape index (κ1) is 13.6. The van der Waals surface area contributed by atoms with E-state index in [2.05, 4.69) is 20.4 Å². The van der Waals surface area contributed by atoms with Crippen molar-refractivity contribution in [1.82, 2.24) is 19.7 Å². The fourth-order valence-corrected chi connectivity index (χ4v) is 3.40. The molecule has 1 N–H and O–H groups in total. The predicted octanol–water partition coefficient (Wildman–Crippen LogP) is 2.73. The highest BCUT2D eigenvalue weighted by Crippen LogP contribution is 2.64. The zero-order valence-corrected chi connectivity index (χ0v) is 12.4. The summed E-state index contributed by atoms with van der Waals surface area (Å²) in [7, 11) is 0. The molecule has 2 aliphatic rings. The molecule has 0 amide bonds. The van der Waals surface area contributed by atoms with Gasteiger partial charge in [0, 0.05) is 35.8 Å². The SMILES string of the molecule is Cc1cc(NC2CC3C(C2)C3(F)F)nc(-n2ccc(C)n2)n1. The van der Waals surface area contributed by atoms with E-state index in [4.69, 9.17) is 0 Å². The van der Waals surface area contributed by atoms with Crippen molar-refractivity contribution in [1.29, 1.82) is 0 Å². The van der Waals surface area contributed by atoms with Crippen LogP contribution in [0.2, 0.25) is 0 Å². The second-order valence-corrected chi connectivity index (χ2v) is 6.30. The molecule has 7 heteroatoms. The molecule has 2 aromatic rings. The van der Waals surface area contributed by atoms with E-state index >= 15 is 0 Å². The molecule has 22 heavy (non-hydrogen) atoms. The van der Waals surface area contributed by atoms with E-state index in [1.54, 1.807) is 10.9 Å². The van der Waals surface area contributed by atoms with Crippen LogP contribution in [0.25, 0.3) is 5.95 Å². The Hall–Kier alpha value is -2.05. The van der Waals surface area contributed by atoms with Gasteiger partial charge in [-0.2, -0.15) is 10.1 Å². The molecule has 4 rings (SSSR count). The number of nitrogens with zero attached hydrogens (tertiary/aromatic N) is 4. The maximum absolute atomic E-state index is 13.2. The quantitative estimate of drug-likeness (QED) is 0.947. The fraction of sp³-hybridized carbons (Fsp3) is 0.533. The summed E-state index contributed by atoms with van der Waals surface area (Å²) in [4.78, 5) is 8.82. The number of anilines is 1. The maximum atomic E-state index is 13.2. The Morgan fingerprint density at radius 1 is 1.18 bits per heavy atom. The summed E-state index contributed by atoms with van der Waals surface area (Å²) in [6.07, 6.45) is 2.83. The van der Waals surface area contributed by atoms with Crippen molar-refractivity contribution >= 4 is 5.82 Å². The Kier molecular flexibility index (Phi) is 2.76. The van der Waals surface area contributed by atoms with Gasteiger partial charge in [-0.3, -0.25) is 0 Å². The van der Waals surface area contributed by atoms with Crippen LogP contribution in [0.1, 0.15) is 24.2 Å². The van der Waals surface area contributed by atoms with Crippen molar-refractivity contribution in [2.75, 3.05) is 5.32 Å². The van der Waals surface area contributed by atoms with Gasteiger partial charge in [-0.1, -0.05) is 0 Å². The van der Waals surface area contributed by atoms with Crippen molar-refractivity contribution in [2.45, 2.75) is 38.7 Å². The lowest BCUT2D eigenvalue weighted by Gasteiger charge is -2.17. The molecule has 2 fully saturated rings. The van der Waals surface area contributed by atoms with Gasteiger partial charge >= 0.3 is 0 Å². The lowest BCUT2D eigenvalue weighted by molar-refractivity contribution is 0.0710. The third kappa shape index (κ3) is 2.15. The molecule has 2 unspecified atom stereocenters. The Bertz CT molecular complexity index is 712. The van der Waals surface area contributed by atoms with Gasteiger partial charge < -0.3 is 5.32 Å². The highest BCUT2D eigenvalue weighted by atomic mass is 19.3. The van der Waals surface area contributed by atoms with Crippen LogP contribution in [0.4, 0.5) is 14.6 Å². The van der Waals surface area contributed by atoms with E-state index in [-0.39, 0.29) is 6.04 Å². The lowest BCUT2D eigenvalue weighted by atomic mass is 10.1. The molecule has 0 aromatic carbocycles. The lowest BCUT2D eigenvalue weighted by Crippen LogP contribution is -2.22. The molecule has 0 spiro atoms. The van der Waals surface area contributed by atoms with Crippen LogP contribution in [0.5, 0.6) is 0 Å². The van der Waals surface area contributed by atoms with Gasteiger partial charge in [0.1, 0.15) is 5.82 Å². The Labute approximate surface area is 126 Å². The molecule has 2 heterocycles. The van der Waals surface area contributed by atoms with Crippen LogP contribution < -0.4 is 5.32 Å². The van der Waals surface area contributed by atoms with E-state index in [0.717, 1.165) is 11.4 Å². The van der Waals surface area contributed by atoms with Crippen LogP contribution in [-0.4, -0.2) is 31.7 Å². The van der Waals surface area contributed by atoms with Crippen molar-refractivity contribution in [3.63, 3.8) is 0 Å². The third-order valence-corrected chi connectivity index (χ3v) is 4.56. The zero-order chi connectivity index (χ0) is 15.5. The molecular formula is C15H17F2N5. The number of aromatic nitrogens is 4. The second-order valence-electron chi connectivity index (χ2n) is 6.30. The van der Waals surface area contributed by atoms with E-state index in [0.29, 0.717) is 24.6 Å². The number of halogens is 2. The van der Waals surface area contributed by atoms with Gasteiger partial charge in [0.2, 0.25) is 0 Å². The molecule has 0 bridgehead atoms. The Morgan fingerprint density at radius 2 is 1.91 bits per heavy atom. The first-order valence-corrected chi connectivity index (χ1v) is 7.46. The van der Waals surface area contributed by atoms with Crippen LogP contribution in [-0.2, 0) is 0 Å². The maximum Gasteiger partial charge on any atom is 0.254 e. The summed E-state index contributed by atoms with van der Waals surface area (Å²) < 4.78 is 28.1. The number of aryl methyl sites for hydroxylation is 2. The summed E-state index contributed by atoms with van der Waals surface area (Å²) in [5.41, 5.74) is 1.70. The molecule has 2 saturated carbocycles. The minimum Gasteiger partial charge on any atom is -0.367 e. The highest BCUT2D eigenvalue weighted by molar-refractivity contribution is 5.40. The minimum absolute atomic E-state index is 0.0659. The molecule has 116 valence electrons. The number of alkyl halides is 2. The van der Waals surface area contributed by atoms with Crippen molar-refractivity contribution in [2.24, 2.45) is 11.8 Å². The van der Waals surface area contributed by atoms with Crippen LogP contribution in [0, 0.1) is 25.7 Å². The van der Waals surface area contributed by atoms with Gasteiger partial charge in [-0.25, -0.2) is 18.4 Å². The van der Waals surface area contributed by atoms with Gasteiger partial charge in [0.05, 0.1) is 5.69 Å². The summed E-state index contributed by atoms with van der Waals surface area (Å²) >= 11 is 0. The molecule has 2 aliphatic carbocycles. The van der Waals surface area contributed by atoms with Gasteiger partial charge in [0.15, 0.2) is 0 Å². The summed E-state index contributed by atoms with van der Waals surface area (Å²) in [5, 5.41) is 7.57. The molecule has 0 saturated heterocycles. The van der Waals surface area contributed by atoms with E-state index in [1.807, 2.05) is 26.0 Å². The molecule has 0 aliphatic heterocycles. The molecule has 5 nitrogen and oxygen atoms in total.